The van der Waals surface area contributed by atoms with E-state index in [0.717, 1.165) is 32.5 Å². The molecule has 150 valence electrons. The number of methoxy groups -OCH3 is 1. The molecular formula is C22H20N6OS. The molecule has 2 aromatic carbocycles. The van der Waals surface area contributed by atoms with Gasteiger partial charge in [-0.15, -0.1) is 5.10 Å². The van der Waals surface area contributed by atoms with Gasteiger partial charge in [-0.25, -0.2) is 15.0 Å². The van der Waals surface area contributed by atoms with Crippen LogP contribution in [0.2, 0.25) is 0 Å². The third-order valence-electron chi connectivity index (χ3n) is 4.89. The Bertz CT molecular complexity index is 1160. The molecule has 5 rings (SSSR count). The molecule has 8 heteroatoms. The molecule has 0 aliphatic carbocycles. The van der Waals surface area contributed by atoms with Crippen LogP contribution in [-0.2, 0) is 0 Å². The molecule has 0 saturated heterocycles. The van der Waals surface area contributed by atoms with Crippen LogP contribution in [0.25, 0.3) is 10.2 Å². The summed E-state index contributed by atoms with van der Waals surface area (Å²) in [4.78, 5) is 9.30. The molecule has 0 bridgehead atoms. The minimum atomic E-state index is -0.119. The van der Waals surface area contributed by atoms with E-state index in [4.69, 9.17) is 14.8 Å². The number of amidine groups is 1. The van der Waals surface area contributed by atoms with Crippen molar-refractivity contribution < 1.29 is 4.74 Å². The summed E-state index contributed by atoms with van der Waals surface area (Å²) in [5, 5.41) is 9.72. The van der Waals surface area contributed by atoms with Crippen molar-refractivity contribution in [2.45, 2.75) is 13.1 Å². The maximum absolute atomic E-state index is 5.30. The SMILES string of the molecule is COc1ccc(N2N=C(c3ccccn3)NN(c3nc4ccccc4s3)C2C)cc1. The fourth-order valence-corrected chi connectivity index (χ4v) is 4.32. The van der Waals surface area contributed by atoms with E-state index < -0.39 is 0 Å². The predicted molar refractivity (Wildman–Crippen MR) is 121 cm³/mol. The number of hydrazine groups is 1. The topological polar surface area (TPSA) is 65.9 Å². The Balaban J connectivity index is 1.59. The number of hydrogen-bond acceptors (Lipinski definition) is 8. The number of fused-ring (bicyclic) bond motifs is 1. The van der Waals surface area contributed by atoms with Crippen molar-refractivity contribution in [2.75, 3.05) is 17.1 Å². The first-order valence-corrected chi connectivity index (χ1v) is 10.4. The molecule has 0 amide bonds. The van der Waals surface area contributed by atoms with E-state index in [9.17, 15) is 0 Å². The number of aromatic nitrogens is 2. The maximum atomic E-state index is 5.30. The first kappa shape index (κ1) is 18.4. The number of hydrazone groups is 1. The van der Waals surface area contributed by atoms with Gasteiger partial charge in [0.1, 0.15) is 17.6 Å². The molecule has 2 aromatic heterocycles. The smallest absolute Gasteiger partial charge is 0.207 e. The van der Waals surface area contributed by atoms with Crippen molar-refractivity contribution >= 4 is 38.2 Å². The maximum Gasteiger partial charge on any atom is 0.207 e. The zero-order valence-electron chi connectivity index (χ0n) is 16.6. The van der Waals surface area contributed by atoms with Gasteiger partial charge in [-0.1, -0.05) is 29.5 Å². The number of ether oxygens (including phenoxy) is 1. The lowest BCUT2D eigenvalue weighted by Crippen LogP contribution is -2.59. The van der Waals surface area contributed by atoms with Gasteiger partial charge in [0.25, 0.3) is 0 Å². The van der Waals surface area contributed by atoms with E-state index in [2.05, 4.69) is 23.4 Å². The van der Waals surface area contributed by atoms with Crippen molar-refractivity contribution in [1.82, 2.24) is 15.4 Å². The quantitative estimate of drug-likeness (QED) is 0.537. The van der Waals surface area contributed by atoms with Crippen molar-refractivity contribution in [3.8, 4) is 5.75 Å². The standard InChI is InChI=1S/C22H20N6OS/c1-15-27(16-10-12-17(29-2)13-11-16)25-21(19-8-5-6-14-23-19)26-28(15)22-24-18-7-3-4-9-20(18)30-22/h3-15H,1-2H3,(H,25,26). The van der Waals surface area contributed by atoms with Gasteiger partial charge >= 0.3 is 0 Å². The summed E-state index contributed by atoms with van der Waals surface area (Å²) < 4.78 is 6.44. The van der Waals surface area contributed by atoms with Gasteiger partial charge in [-0.2, -0.15) is 0 Å². The highest BCUT2D eigenvalue weighted by Gasteiger charge is 2.31. The molecule has 0 fully saturated rings. The molecule has 1 aliphatic heterocycles. The molecule has 1 atom stereocenters. The number of nitrogens with one attached hydrogen (secondary N) is 1. The highest BCUT2D eigenvalue weighted by Crippen LogP contribution is 2.32. The highest BCUT2D eigenvalue weighted by molar-refractivity contribution is 7.22. The van der Waals surface area contributed by atoms with Crippen LogP contribution in [0.4, 0.5) is 10.8 Å². The number of hydrogen-bond donors (Lipinski definition) is 1. The summed E-state index contributed by atoms with van der Waals surface area (Å²) >= 11 is 1.64. The van der Waals surface area contributed by atoms with Crippen molar-refractivity contribution in [3.05, 3.63) is 78.6 Å². The van der Waals surface area contributed by atoms with E-state index >= 15 is 0 Å². The van der Waals surface area contributed by atoms with E-state index in [1.807, 2.05) is 70.7 Å². The second kappa shape index (κ2) is 7.64. The third kappa shape index (κ3) is 3.31. The van der Waals surface area contributed by atoms with Crippen LogP contribution < -0.4 is 20.2 Å². The molecule has 0 saturated carbocycles. The van der Waals surface area contributed by atoms with Crippen LogP contribution in [0.3, 0.4) is 0 Å². The summed E-state index contributed by atoms with van der Waals surface area (Å²) in [6.45, 7) is 2.09. The Kier molecular flexibility index (Phi) is 4.68. The van der Waals surface area contributed by atoms with Crippen molar-refractivity contribution in [2.24, 2.45) is 5.10 Å². The fraction of sp³-hybridized carbons (Fsp3) is 0.136. The van der Waals surface area contributed by atoms with Gasteiger partial charge in [0.15, 0.2) is 5.84 Å². The second-order valence-corrected chi connectivity index (χ2v) is 7.79. The lowest BCUT2D eigenvalue weighted by Gasteiger charge is -2.40. The van der Waals surface area contributed by atoms with Crippen LogP contribution >= 0.6 is 11.3 Å². The van der Waals surface area contributed by atoms with Gasteiger partial charge in [-0.05, 0) is 55.5 Å². The van der Waals surface area contributed by atoms with E-state index in [-0.39, 0.29) is 6.17 Å². The average molecular weight is 417 g/mol. The van der Waals surface area contributed by atoms with Gasteiger partial charge in [0, 0.05) is 6.20 Å². The highest BCUT2D eigenvalue weighted by atomic mass is 32.1. The number of para-hydroxylation sites is 1. The number of rotatable bonds is 4. The Morgan fingerprint density at radius 1 is 1.00 bits per heavy atom. The monoisotopic (exact) mass is 416 g/mol. The summed E-state index contributed by atoms with van der Waals surface area (Å²) in [5.41, 5.74) is 6.10. The van der Waals surface area contributed by atoms with Crippen LogP contribution in [0.1, 0.15) is 12.6 Å². The lowest BCUT2D eigenvalue weighted by atomic mass is 10.2. The molecule has 7 nitrogen and oxygen atoms in total. The van der Waals surface area contributed by atoms with E-state index in [1.54, 1.807) is 24.6 Å². The zero-order valence-corrected chi connectivity index (χ0v) is 17.4. The van der Waals surface area contributed by atoms with Gasteiger partial charge in [0.2, 0.25) is 5.13 Å². The number of benzene rings is 2. The zero-order chi connectivity index (χ0) is 20.5. The van der Waals surface area contributed by atoms with Gasteiger partial charge < -0.3 is 4.74 Å². The molecular weight excluding hydrogens is 396 g/mol. The number of pyridine rings is 1. The van der Waals surface area contributed by atoms with Crippen LogP contribution in [0, 0.1) is 0 Å². The van der Waals surface area contributed by atoms with Crippen LogP contribution in [0.5, 0.6) is 5.75 Å². The van der Waals surface area contributed by atoms with Crippen LogP contribution in [0.15, 0.2) is 78.0 Å². The molecule has 1 aliphatic rings. The first-order chi connectivity index (χ1) is 14.7. The molecule has 0 radical (unpaired) electrons. The van der Waals surface area contributed by atoms with Gasteiger partial charge in [-0.3, -0.25) is 10.4 Å². The van der Waals surface area contributed by atoms with Crippen molar-refractivity contribution in [3.63, 3.8) is 0 Å². The predicted octanol–water partition coefficient (Wildman–Crippen LogP) is 4.24. The summed E-state index contributed by atoms with van der Waals surface area (Å²) in [6.07, 6.45) is 1.64. The van der Waals surface area contributed by atoms with E-state index in [1.165, 1.54) is 0 Å². The Hall–Kier alpha value is -3.65. The number of nitrogens with zero attached hydrogens (tertiary/aromatic N) is 5. The molecule has 4 aromatic rings. The Morgan fingerprint density at radius 3 is 2.53 bits per heavy atom. The largest absolute Gasteiger partial charge is 0.497 e. The van der Waals surface area contributed by atoms with Gasteiger partial charge in [0.05, 0.1) is 23.0 Å². The molecule has 30 heavy (non-hydrogen) atoms. The summed E-state index contributed by atoms with van der Waals surface area (Å²) in [5.74, 6) is 1.46. The van der Waals surface area contributed by atoms with Crippen LogP contribution in [-0.4, -0.2) is 29.1 Å². The fourth-order valence-electron chi connectivity index (χ4n) is 3.32. The summed E-state index contributed by atoms with van der Waals surface area (Å²) in [7, 11) is 1.66. The lowest BCUT2D eigenvalue weighted by molar-refractivity contribution is 0.414. The van der Waals surface area contributed by atoms with Crippen molar-refractivity contribution in [1.29, 1.82) is 0 Å². The molecule has 1 N–H and O–H groups in total. The minimum Gasteiger partial charge on any atom is -0.497 e. The third-order valence-corrected chi connectivity index (χ3v) is 5.93. The first-order valence-electron chi connectivity index (χ1n) is 9.58. The second-order valence-electron chi connectivity index (χ2n) is 6.78. The molecule has 1 unspecified atom stereocenters. The number of thiazole rings is 1. The minimum absolute atomic E-state index is 0.119. The summed E-state index contributed by atoms with van der Waals surface area (Å²) in [6, 6.07) is 21.8. The Morgan fingerprint density at radius 2 is 1.80 bits per heavy atom. The average Bonchev–Trinajstić information content (AvgIpc) is 3.24. The number of anilines is 2. The van der Waals surface area contributed by atoms with E-state index in [0.29, 0.717) is 5.84 Å². The normalized spacial score (nSPS) is 16.3. The molecule has 0 spiro atoms. The Labute approximate surface area is 178 Å². The molecule has 3 heterocycles.